The molecule has 0 aliphatic carbocycles. The number of aliphatic hydroxyl groups excluding tert-OH is 6. The van der Waals surface area contributed by atoms with Crippen LogP contribution in [0.2, 0.25) is 0 Å². The molecule has 11 atom stereocenters. The Morgan fingerprint density at radius 1 is 0.878 bits per heavy atom. The fourth-order valence-corrected chi connectivity index (χ4v) is 5.07. The van der Waals surface area contributed by atoms with Gasteiger partial charge in [0.15, 0.2) is 18.2 Å². The normalized spacial score (nSPS) is 37.2. The molecule has 0 unspecified atom stereocenters. The van der Waals surface area contributed by atoms with Gasteiger partial charge in [0, 0.05) is 12.1 Å². The Morgan fingerprint density at radius 2 is 1.59 bits per heavy atom. The Balaban J connectivity index is 1.41. The quantitative estimate of drug-likeness (QED) is 0.202. The highest BCUT2D eigenvalue weighted by Crippen LogP contribution is 2.43. The minimum Gasteiger partial charge on any atom is -0.508 e. The predicted octanol–water partition coefficient (Wildman–Crippen LogP) is -1.17. The van der Waals surface area contributed by atoms with Gasteiger partial charge in [-0.3, -0.25) is 4.79 Å². The molecule has 2 aromatic rings. The van der Waals surface area contributed by atoms with Crippen LogP contribution in [0.4, 0.5) is 0 Å². The minimum atomic E-state index is -1.75. The van der Waals surface area contributed by atoms with Crippen LogP contribution in [0.15, 0.2) is 36.4 Å². The molecule has 3 aliphatic rings. The van der Waals surface area contributed by atoms with Gasteiger partial charge in [-0.25, -0.2) is 0 Å². The van der Waals surface area contributed by atoms with Crippen molar-refractivity contribution in [1.82, 2.24) is 0 Å². The number of ketones is 1. The molecule has 2 aromatic carbocycles. The van der Waals surface area contributed by atoms with Crippen molar-refractivity contribution >= 4 is 5.78 Å². The fraction of sp³-hybridized carbons (Fsp3) is 0.519. The SMILES string of the molecule is C[C@H]1O[C@H](O[C@@H]2[C@H](Oc3cc(O)c4c(c3)O[C@H](c3ccc(O)cc3)CC4=O)O[C@@H](CO)[C@@H](O)[C@@H]2O)[C@@H](O)[C@@H](O)[C@H]1O. The summed E-state index contributed by atoms with van der Waals surface area (Å²) in [5.74, 6) is -0.947. The van der Waals surface area contributed by atoms with Crippen molar-refractivity contribution in [2.45, 2.75) is 80.9 Å². The van der Waals surface area contributed by atoms with Crippen molar-refractivity contribution in [3.8, 4) is 23.0 Å². The lowest BCUT2D eigenvalue weighted by Crippen LogP contribution is -2.64. The highest BCUT2D eigenvalue weighted by Gasteiger charge is 2.51. The first-order valence-corrected chi connectivity index (χ1v) is 13.0. The van der Waals surface area contributed by atoms with Gasteiger partial charge in [0.05, 0.1) is 19.1 Å². The first-order chi connectivity index (χ1) is 19.5. The molecule has 2 fully saturated rings. The van der Waals surface area contributed by atoms with Crippen LogP contribution in [0.5, 0.6) is 23.0 Å². The molecular weight excluding hydrogens is 548 g/mol. The average Bonchev–Trinajstić information content (AvgIpc) is 2.94. The maximum Gasteiger partial charge on any atom is 0.229 e. The van der Waals surface area contributed by atoms with Gasteiger partial charge < -0.3 is 64.5 Å². The van der Waals surface area contributed by atoms with E-state index in [1.54, 1.807) is 12.1 Å². The molecule has 0 radical (unpaired) electrons. The van der Waals surface area contributed by atoms with Crippen molar-refractivity contribution in [1.29, 1.82) is 0 Å². The van der Waals surface area contributed by atoms with E-state index in [9.17, 15) is 45.6 Å². The summed E-state index contributed by atoms with van der Waals surface area (Å²) < 4.78 is 28.6. The molecule has 0 bridgehead atoms. The summed E-state index contributed by atoms with van der Waals surface area (Å²) in [4.78, 5) is 12.9. The lowest BCUT2D eigenvalue weighted by atomic mass is 9.95. The first-order valence-electron chi connectivity index (χ1n) is 13.0. The minimum absolute atomic E-state index is 0.0149. The molecule has 41 heavy (non-hydrogen) atoms. The van der Waals surface area contributed by atoms with Crippen LogP contribution in [0.1, 0.15) is 35.4 Å². The molecule has 14 nitrogen and oxygen atoms in total. The van der Waals surface area contributed by atoms with Crippen molar-refractivity contribution in [3.05, 3.63) is 47.5 Å². The van der Waals surface area contributed by atoms with Crippen molar-refractivity contribution in [2.75, 3.05) is 6.61 Å². The van der Waals surface area contributed by atoms with Crippen LogP contribution in [-0.2, 0) is 14.2 Å². The maximum absolute atomic E-state index is 12.9. The lowest BCUT2D eigenvalue weighted by Gasteiger charge is -2.45. The van der Waals surface area contributed by atoms with E-state index in [0.29, 0.717) is 5.56 Å². The molecular formula is C27H32O14. The van der Waals surface area contributed by atoms with Crippen LogP contribution in [0.25, 0.3) is 0 Å². The van der Waals surface area contributed by atoms with Crippen LogP contribution in [-0.4, -0.2) is 115 Å². The van der Waals surface area contributed by atoms with Gasteiger partial charge in [0.25, 0.3) is 0 Å². The van der Waals surface area contributed by atoms with Gasteiger partial charge in [-0.2, -0.15) is 0 Å². The highest BCUT2D eigenvalue weighted by atomic mass is 16.8. The molecule has 0 spiro atoms. The number of carbonyl (C=O) groups excluding carboxylic acids is 1. The molecule has 5 rings (SSSR count). The zero-order chi connectivity index (χ0) is 29.6. The zero-order valence-corrected chi connectivity index (χ0v) is 21.8. The number of phenolic OH excluding ortho intramolecular Hbond substituents is 2. The fourth-order valence-electron chi connectivity index (χ4n) is 5.07. The monoisotopic (exact) mass is 580 g/mol. The van der Waals surface area contributed by atoms with Gasteiger partial charge in [0.2, 0.25) is 6.29 Å². The van der Waals surface area contributed by atoms with Crippen LogP contribution in [0.3, 0.4) is 0 Å². The van der Waals surface area contributed by atoms with E-state index in [0.717, 1.165) is 6.07 Å². The number of ether oxygens (including phenoxy) is 5. The molecule has 3 heterocycles. The predicted molar refractivity (Wildman–Crippen MR) is 134 cm³/mol. The zero-order valence-electron chi connectivity index (χ0n) is 21.8. The molecule has 0 amide bonds. The number of aliphatic hydroxyl groups is 6. The van der Waals surface area contributed by atoms with Gasteiger partial charge in [-0.1, -0.05) is 12.1 Å². The van der Waals surface area contributed by atoms with E-state index in [1.807, 2.05) is 0 Å². The Bertz CT molecular complexity index is 1240. The molecule has 3 aliphatic heterocycles. The molecule has 0 aromatic heterocycles. The summed E-state index contributed by atoms with van der Waals surface area (Å²) in [6.07, 6.45) is -16.0. The third-order valence-electron chi connectivity index (χ3n) is 7.42. The Kier molecular flexibility index (Phi) is 8.39. The number of aromatic hydroxyl groups is 2. The number of Topliss-reactive ketones (excluding diaryl/α,β-unsaturated/α-hetero) is 1. The third-order valence-corrected chi connectivity index (χ3v) is 7.42. The van der Waals surface area contributed by atoms with Crippen LogP contribution < -0.4 is 9.47 Å². The van der Waals surface area contributed by atoms with Gasteiger partial charge in [-0.15, -0.1) is 0 Å². The largest absolute Gasteiger partial charge is 0.508 e. The van der Waals surface area contributed by atoms with Crippen molar-refractivity contribution in [3.63, 3.8) is 0 Å². The number of fused-ring (bicyclic) bond motifs is 1. The van der Waals surface area contributed by atoms with Gasteiger partial charge in [0.1, 0.15) is 71.3 Å². The second-order valence-corrected chi connectivity index (χ2v) is 10.2. The van der Waals surface area contributed by atoms with E-state index in [4.69, 9.17) is 23.7 Å². The Hall–Kier alpha value is -3.05. The van der Waals surface area contributed by atoms with Gasteiger partial charge >= 0.3 is 0 Å². The van der Waals surface area contributed by atoms with E-state index in [-0.39, 0.29) is 29.2 Å². The summed E-state index contributed by atoms with van der Waals surface area (Å²) in [5.41, 5.74) is 0.529. The van der Waals surface area contributed by atoms with Crippen molar-refractivity contribution in [2.24, 2.45) is 0 Å². The second-order valence-electron chi connectivity index (χ2n) is 10.2. The smallest absolute Gasteiger partial charge is 0.229 e. The number of phenols is 2. The summed E-state index contributed by atoms with van der Waals surface area (Å²) in [6, 6.07) is 8.50. The number of benzene rings is 2. The van der Waals surface area contributed by atoms with Crippen LogP contribution >= 0.6 is 0 Å². The molecule has 0 saturated carbocycles. The summed E-state index contributed by atoms with van der Waals surface area (Å²) in [7, 11) is 0. The first kappa shape index (κ1) is 29.4. The topological polar surface area (TPSA) is 225 Å². The average molecular weight is 581 g/mol. The number of rotatable bonds is 6. The molecule has 14 heteroatoms. The van der Waals surface area contributed by atoms with E-state index >= 15 is 0 Å². The molecule has 8 N–H and O–H groups in total. The number of carbonyl (C=O) groups is 1. The van der Waals surface area contributed by atoms with E-state index in [2.05, 4.69) is 0 Å². The third kappa shape index (κ3) is 5.70. The maximum atomic E-state index is 12.9. The number of hydrogen-bond acceptors (Lipinski definition) is 14. The van der Waals surface area contributed by atoms with Crippen molar-refractivity contribution < 1.29 is 69.3 Å². The van der Waals surface area contributed by atoms with Crippen LogP contribution in [0, 0.1) is 0 Å². The highest BCUT2D eigenvalue weighted by molar-refractivity contribution is 6.02. The summed E-state index contributed by atoms with van der Waals surface area (Å²) in [6.45, 7) is 0.716. The standard InChI is InChI=1S/C27H32O14/c1-10-20(32)22(34)24(36)26(37-10)41-25-23(35)21(33)18(9-28)40-27(25)38-13-6-14(30)19-15(31)8-16(39-17(19)7-13)11-2-4-12(29)5-3-11/h2-7,10,16,18,20-30,32-36H,8-9H2,1H3/t10-,16+,18+,20+,21-,22+,23+,24+,25+,26-,27-/m1/s1. The Labute approximate surface area is 233 Å². The van der Waals surface area contributed by atoms with Gasteiger partial charge in [-0.05, 0) is 24.6 Å². The van der Waals surface area contributed by atoms with E-state index < -0.39 is 85.7 Å². The molecule has 224 valence electrons. The lowest BCUT2D eigenvalue weighted by molar-refractivity contribution is -0.354. The second kappa shape index (κ2) is 11.7. The summed E-state index contributed by atoms with van der Waals surface area (Å²) >= 11 is 0. The van der Waals surface area contributed by atoms with E-state index in [1.165, 1.54) is 25.1 Å². The summed E-state index contributed by atoms with van der Waals surface area (Å²) in [5, 5.41) is 81.6. The molecule has 2 saturated heterocycles. The Morgan fingerprint density at radius 3 is 2.27 bits per heavy atom. The number of hydrogen-bond donors (Lipinski definition) is 8.